The van der Waals surface area contributed by atoms with E-state index in [2.05, 4.69) is 0 Å². The van der Waals surface area contributed by atoms with Crippen molar-refractivity contribution in [1.82, 2.24) is 0 Å². The second-order valence-electron chi connectivity index (χ2n) is 4.24. The number of allylic oxidation sites excluding steroid dienone is 1. The molecule has 0 unspecified atom stereocenters. The molecule has 0 aromatic carbocycles. The van der Waals surface area contributed by atoms with Crippen molar-refractivity contribution in [2.24, 2.45) is 5.92 Å². The van der Waals surface area contributed by atoms with Crippen molar-refractivity contribution in [3.05, 3.63) is 12.2 Å². The van der Waals surface area contributed by atoms with Gasteiger partial charge in [0.2, 0.25) is 0 Å². The fraction of sp³-hybridized carbons (Fsp3) is 0.636. The van der Waals surface area contributed by atoms with Crippen LogP contribution in [0.15, 0.2) is 12.2 Å². The van der Waals surface area contributed by atoms with Crippen molar-refractivity contribution < 1.29 is 19.4 Å². The van der Waals surface area contributed by atoms with E-state index in [0.29, 0.717) is 0 Å². The third-order valence-corrected chi connectivity index (χ3v) is 1.53. The number of hydrogen-bond acceptors (Lipinski definition) is 4. The monoisotopic (exact) mass is 213 g/mol. The second-order valence-corrected chi connectivity index (χ2v) is 4.24. The molecule has 0 bridgehead atoms. The zero-order valence-electron chi connectivity index (χ0n) is 9.57. The minimum atomic E-state index is -1.26. The number of carbonyl (C=O) groups is 2. The van der Waals surface area contributed by atoms with Gasteiger partial charge in [0.15, 0.2) is 0 Å². The summed E-state index contributed by atoms with van der Waals surface area (Å²) in [5.41, 5.74) is -0.594. The number of ether oxygens (including phenoxy) is 1. The van der Waals surface area contributed by atoms with Crippen molar-refractivity contribution >= 4 is 11.9 Å². The van der Waals surface area contributed by atoms with Crippen LogP contribution in [0.4, 0.5) is 0 Å². The fourth-order valence-corrected chi connectivity index (χ4v) is 1.02. The number of aliphatic carboxylic acids is 1. The van der Waals surface area contributed by atoms with Crippen LogP contribution in [0.2, 0.25) is 0 Å². The minimum Gasteiger partial charge on any atom is -0.550 e. The largest absolute Gasteiger partial charge is 0.550 e. The summed E-state index contributed by atoms with van der Waals surface area (Å²) in [6, 6.07) is 0. The van der Waals surface area contributed by atoms with Gasteiger partial charge in [-0.05, 0) is 27.7 Å². The summed E-state index contributed by atoms with van der Waals surface area (Å²) in [4.78, 5) is 21.9. The highest BCUT2D eigenvalue weighted by atomic mass is 16.6. The van der Waals surface area contributed by atoms with Gasteiger partial charge >= 0.3 is 5.97 Å². The lowest BCUT2D eigenvalue weighted by Gasteiger charge is -2.21. The summed E-state index contributed by atoms with van der Waals surface area (Å²) >= 11 is 0. The Morgan fingerprint density at radius 2 is 1.93 bits per heavy atom. The van der Waals surface area contributed by atoms with Gasteiger partial charge in [-0.25, -0.2) is 0 Å². The number of rotatable bonds is 4. The molecule has 0 aliphatic rings. The van der Waals surface area contributed by atoms with Gasteiger partial charge in [-0.15, -0.1) is 0 Å². The maximum Gasteiger partial charge on any atom is 0.307 e. The molecule has 0 saturated heterocycles. The Morgan fingerprint density at radius 3 is 2.27 bits per heavy atom. The highest BCUT2D eigenvalue weighted by Gasteiger charge is 2.19. The zero-order valence-corrected chi connectivity index (χ0v) is 9.57. The van der Waals surface area contributed by atoms with Crippen LogP contribution >= 0.6 is 0 Å². The Bertz CT molecular complexity index is 260. The van der Waals surface area contributed by atoms with Crippen molar-refractivity contribution in [2.75, 3.05) is 0 Å². The van der Waals surface area contributed by atoms with Gasteiger partial charge in [0, 0.05) is 11.9 Å². The molecule has 0 amide bonds. The average Bonchev–Trinajstić information content (AvgIpc) is 1.99. The summed E-state index contributed by atoms with van der Waals surface area (Å²) in [7, 11) is 0. The lowest BCUT2D eigenvalue weighted by molar-refractivity contribution is -0.310. The van der Waals surface area contributed by atoms with Crippen LogP contribution in [0.3, 0.4) is 0 Å². The topological polar surface area (TPSA) is 66.4 Å². The Labute approximate surface area is 89.9 Å². The van der Waals surface area contributed by atoms with Crippen molar-refractivity contribution in [2.45, 2.75) is 39.7 Å². The molecule has 0 saturated carbocycles. The summed E-state index contributed by atoms with van der Waals surface area (Å²) in [5.74, 6) is -2.71. The number of carboxylic acids is 1. The van der Waals surface area contributed by atoms with Crippen molar-refractivity contribution in [1.29, 1.82) is 0 Å². The van der Waals surface area contributed by atoms with Gasteiger partial charge in [0.25, 0.3) is 0 Å². The van der Waals surface area contributed by atoms with E-state index in [0.717, 1.165) is 0 Å². The van der Waals surface area contributed by atoms with E-state index >= 15 is 0 Å². The molecule has 0 aliphatic heterocycles. The molecule has 15 heavy (non-hydrogen) atoms. The van der Waals surface area contributed by atoms with Gasteiger partial charge < -0.3 is 14.6 Å². The first kappa shape index (κ1) is 13.7. The molecular weight excluding hydrogens is 196 g/mol. The quantitative estimate of drug-likeness (QED) is 0.508. The molecular formula is C11H17O4-. The average molecular weight is 213 g/mol. The van der Waals surface area contributed by atoms with Crippen LogP contribution in [0.25, 0.3) is 0 Å². The van der Waals surface area contributed by atoms with Crippen LogP contribution in [0.1, 0.15) is 34.1 Å². The Hall–Kier alpha value is -1.32. The Kier molecular flexibility index (Phi) is 5.05. The van der Waals surface area contributed by atoms with E-state index < -0.39 is 23.5 Å². The van der Waals surface area contributed by atoms with E-state index in [4.69, 9.17) is 4.74 Å². The minimum absolute atomic E-state index is 0.191. The Balaban J connectivity index is 4.30. The van der Waals surface area contributed by atoms with Crippen LogP contribution in [-0.4, -0.2) is 17.5 Å². The van der Waals surface area contributed by atoms with Crippen LogP contribution in [0, 0.1) is 5.92 Å². The number of carbonyl (C=O) groups excluding carboxylic acids is 2. The normalized spacial score (nSPS) is 13.9. The zero-order chi connectivity index (χ0) is 12.1. The smallest absolute Gasteiger partial charge is 0.307 e. The van der Waals surface area contributed by atoms with Gasteiger partial charge in [-0.3, -0.25) is 4.79 Å². The van der Waals surface area contributed by atoms with E-state index in [1.54, 1.807) is 33.8 Å². The summed E-state index contributed by atoms with van der Waals surface area (Å²) in [6.45, 7) is 6.88. The summed E-state index contributed by atoms with van der Waals surface area (Å²) in [5, 5.41) is 10.6. The molecule has 0 spiro atoms. The number of carboxylic acid groups (broad SMARTS) is 1. The third kappa shape index (κ3) is 6.71. The van der Waals surface area contributed by atoms with Gasteiger partial charge in [0.05, 0.1) is 6.42 Å². The highest BCUT2D eigenvalue weighted by molar-refractivity contribution is 5.79. The first-order valence-electron chi connectivity index (χ1n) is 4.82. The van der Waals surface area contributed by atoms with Gasteiger partial charge in [0.1, 0.15) is 5.60 Å². The predicted octanol–water partition coefficient (Wildman–Crippen LogP) is 0.660. The number of esters is 1. The van der Waals surface area contributed by atoms with Crippen LogP contribution in [0.5, 0.6) is 0 Å². The molecule has 4 heteroatoms. The maximum absolute atomic E-state index is 11.3. The first-order valence-corrected chi connectivity index (χ1v) is 4.82. The van der Waals surface area contributed by atoms with Gasteiger partial charge in [-0.1, -0.05) is 12.2 Å². The Morgan fingerprint density at radius 1 is 1.40 bits per heavy atom. The second kappa shape index (κ2) is 5.53. The van der Waals surface area contributed by atoms with Gasteiger partial charge in [-0.2, -0.15) is 0 Å². The summed E-state index contributed by atoms with van der Waals surface area (Å²) < 4.78 is 5.00. The molecule has 0 fully saturated rings. The molecule has 0 radical (unpaired) electrons. The predicted molar refractivity (Wildman–Crippen MR) is 53.8 cm³/mol. The van der Waals surface area contributed by atoms with Crippen molar-refractivity contribution in [3.8, 4) is 0 Å². The fourth-order valence-electron chi connectivity index (χ4n) is 1.02. The maximum atomic E-state index is 11.3. The van der Waals surface area contributed by atoms with E-state index in [1.807, 2.05) is 0 Å². The van der Waals surface area contributed by atoms with E-state index in [1.165, 1.54) is 6.08 Å². The lowest BCUT2D eigenvalue weighted by Crippen LogP contribution is -2.33. The van der Waals surface area contributed by atoms with Crippen molar-refractivity contribution in [3.63, 3.8) is 0 Å². The lowest BCUT2D eigenvalue weighted by atomic mass is 10.1. The molecule has 0 heterocycles. The number of hydrogen-bond donors (Lipinski definition) is 0. The highest BCUT2D eigenvalue weighted by Crippen LogP contribution is 2.12. The van der Waals surface area contributed by atoms with Crippen LogP contribution in [-0.2, 0) is 14.3 Å². The SMILES string of the molecule is CC=C[C@@H](CC(=O)OC(C)(C)C)C(=O)[O-]. The molecule has 0 N–H and O–H groups in total. The molecule has 1 atom stereocenters. The molecule has 86 valence electrons. The molecule has 0 aromatic heterocycles. The molecule has 0 aromatic rings. The molecule has 0 rings (SSSR count). The van der Waals surface area contributed by atoms with Crippen LogP contribution < -0.4 is 5.11 Å². The molecule has 4 nitrogen and oxygen atoms in total. The standard InChI is InChI=1S/C11H18O4/c1-5-6-8(10(13)14)7-9(12)15-11(2,3)4/h5-6,8H,7H2,1-4H3,(H,13,14)/p-1/t8-/m0/s1. The third-order valence-electron chi connectivity index (χ3n) is 1.53. The molecule has 0 aliphatic carbocycles. The first-order chi connectivity index (χ1) is 6.76. The van der Waals surface area contributed by atoms with E-state index in [-0.39, 0.29) is 6.42 Å². The van der Waals surface area contributed by atoms with E-state index in [9.17, 15) is 14.7 Å². The summed E-state index contributed by atoms with van der Waals surface area (Å²) in [6.07, 6.45) is 2.80.